The van der Waals surface area contributed by atoms with Crippen molar-refractivity contribution in [1.29, 1.82) is 0 Å². The van der Waals surface area contributed by atoms with Crippen LogP contribution < -0.4 is 0 Å². The average molecular weight is 286 g/mol. The van der Waals surface area contributed by atoms with Crippen molar-refractivity contribution in [3.8, 4) is 11.1 Å². The van der Waals surface area contributed by atoms with Crippen LogP contribution in [0.1, 0.15) is 30.4 Å². The Morgan fingerprint density at radius 2 is 1.18 bits per heavy atom. The maximum atomic E-state index is 2.29. The highest BCUT2D eigenvalue weighted by atomic mass is 14.1. The molecule has 0 radical (unpaired) electrons. The van der Waals surface area contributed by atoms with E-state index in [2.05, 4.69) is 91.9 Å². The lowest BCUT2D eigenvalue weighted by atomic mass is 9.89. The molecule has 3 rings (SSSR count). The van der Waals surface area contributed by atoms with Gasteiger partial charge in [0.1, 0.15) is 0 Å². The first-order valence-electron chi connectivity index (χ1n) is 8.06. The van der Waals surface area contributed by atoms with Crippen LogP contribution in [0.2, 0.25) is 0 Å². The van der Waals surface area contributed by atoms with E-state index in [0.717, 1.165) is 6.42 Å². The highest BCUT2D eigenvalue weighted by molar-refractivity contribution is 5.63. The number of hydrogen-bond acceptors (Lipinski definition) is 0. The van der Waals surface area contributed by atoms with Gasteiger partial charge in [-0.3, -0.25) is 0 Å². The van der Waals surface area contributed by atoms with E-state index in [0.29, 0.717) is 5.92 Å². The molecule has 110 valence electrons. The molecule has 0 spiro atoms. The van der Waals surface area contributed by atoms with Gasteiger partial charge in [-0.25, -0.2) is 0 Å². The second-order valence-corrected chi connectivity index (χ2v) is 5.78. The van der Waals surface area contributed by atoms with E-state index < -0.39 is 0 Å². The molecule has 0 aliphatic heterocycles. The smallest absolute Gasteiger partial charge is 0.0124 e. The van der Waals surface area contributed by atoms with Gasteiger partial charge in [-0.2, -0.15) is 0 Å². The molecule has 0 nitrogen and oxygen atoms in total. The molecule has 0 aromatic heterocycles. The fourth-order valence-corrected chi connectivity index (χ4v) is 2.97. The molecule has 22 heavy (non-hydrogen) atoms. The molecule has 3 aromatic carbocycles. The molecule has 0 saturated heterocycles. The SMILES string of the molecule is CCC(Cc1ccccc1)c1ccc(-c2ccccc2)cc1. The highest BCUT2D eigenvalue weighted by Gasteiger charge is 2.10. The molecule has 0 N–H and O–H groups in total. The Balaban J connectivity index is 1.79. The van der Waals surface area contributed by atoms with Crippen molar-refractivity contribution in [2.75, 3.05) is 0 Å². The lowest BCUT2D eigenvalue weighted by molar-refractivity contribution is 0.660. The summed E-state index contributed by atoms with van der Waals surface area (Å²) >= 11 is 0. The van der Waals surface area contributed by atoms with Gasteiger partial charge >= 0.3 is 0 Å². The number of rotatable bonds is 5. The Kier molecular flexibility index (Phi) is 4.70. The minimum atomic E-state index is 0.590. The second-order valence-electron chi connectivity index (χ2n) is 5.78. The van der Waals surface area contributed by atoms with Gasteiger partial charge in [0.05, 0.1) is 0 Å². The second kappa shape index (κ2) is 7.09. The summed E-state index contributed by atoms with van der Waals surface area (Å²) in [6.45, 7) is 2.28. The van der Waals surface area contributed by atoms with Gasteiger partial charge in [-0.05, 0) is 41.0 Å². The van der Waals surface area contributed by atoms with Crippen molar-refractivity contribution < 1.29 is 0 Å². The van der Waals surface area contributed by atoms with E-state index in [4.69, 9.17) is 0 Å². The van der Waals surface area contributed by atoms with Gasteiger partial charge in [0.15, 0.2) is 0 Å². The molecule has 0 amide bonds. The van der Waals surface area contributed by atoms with Crippen molar-refractivity contribution in [3.63, 3.8) is 0 Å². The molecule has 0 saturated carbocycles. The van der Waals surface area contributed by atoms with E-state index in [-0.39, 0.29) is 0 Å². The van der Waals surface area contributed by atoms with E-state index in [1.807, 2.05) is 0 Å². The van der Waals surface area contributed by atoms with Gasteiger partial charge < -0.3 is 0 Å². The summed E-state index contributed by atoms with van der Waals surface area (Å²) in [7, 11) is 0. The summed E-state index contributed by atoms with van der Waals surface area (Å²) in [5.41, 5.74) is 5.43. The summed E-state index contributed by atoms with van der Waals surface area (Å²) < 4.78 is 0. The quantitative estimate of drug-likeness (QED) is 0.532. The van der Waals surface area contributed by atoms with E-state index in [9.17, 15) is 0 Å². The zero-order valence-electron chi connectivity index (χ0n) is 13.1. The van der Waals surface area contributed by atoms with Crippen LogP contribution in [0.3, 0.4) is 0 Å². The minimum absolute atomic E-state index is 0.590. The maximum Gasteiger partial charge on any atom is -0.0124 e. The minimum Gasteiger partial charge on any atom is -0.0648 e. The largest absolute Gasteiger partial charge is 0.0648 e. The zero-order chi connectivity index (χ0) is 15.2. The predicted octanol–water partition coefficient (Wildman–Crippen LogP) is 6.09. The fourth-order valence-electron chi connectivity index (χ4n) is 2.97. The first kappa shape index (κ1) is 14.6. The Morgan fingerprint density at radius 1 is 0.636 bits per heavy atom. The third-order valence-corrected chi connectivity index (χ3v) is 4.31. The standard InChI is InChI=1S/C22H22/c1-2-19(17-18-9-5-3-6-10-18)21-13-15-22(16-14-21)20-11-7-4-8-12-20/h3-16,19H,2,17H2,1H3. The molecular weight excluding hydrogens is 264 g/mol. The topological polar surface area (TPSA) is 0 Å². The van der Waals surface area contributed by atoms with E-state index >= 15 is 0 Å². The van der Waals surface area contributed by atoms with Crippen LogP contribution in [0.5, 0.6) is 0 Å². The Morgan fingerprint density at radius 3 is 1.77 bits per heavy atom. The monoisotopic (exact) mass is 286 g/mol. The zero-order valence-corrected chi connectivity index (χ0v) is 13.1. The molecule has 0 bridgehead atoms. The molecule has 0 aliphatic carbocycles. The summed E-state index contributed by atoms with van der Waals surface area (Å²) in [5, 5.41) is 0. The van der Waals surface area contributed by atoms with Crippen molar-refractivity contribution in [1.82, 2.24) is 0 Å². The average Bonchev–Trinajstić information content (AvgIpc) is 2.61. The van der Waals surface area contributed by atoms with Crippen molar-refractivity contribution >= 4 is 0 Å². The van der Waals surface area contributed by atoms with E-state index in [1.165, 1.54) is 28.7 Å². The van der Waals surface area contributed by atoms with Crippen molar-refractivity contribution in [3.05, 3.63) is 96.1 Å². The molecule has 0 aliphatic rings. The molecule has 1 atom stereocenters. The normalized spacial score (nSPS) is 12.0. The third kappa shape index (κ3) is 3.46. The summed E-state index contributed by atoms with van der Waals surface area (Å²) in [5.74, 6) is 0.590. The van der Waals surface area contributed by atoms with Crippen LogP contribution in [-0.2, 0) is 6.42 Å². The van der Waals surface area contributed by atoms with Gasteiger partial charge in [0.25, 0.3) is 0 Å². The van der Waals surface area contributed by atoms with E-state index in [1.54, 1.807) is 0 Å². The number of hydrogen-bond donors (Lipinski definition) is 0. The summed E-state index contributed by atoms with van der Waals surface area (Å²) in [6.07, 6.45) is 2.28. The lowest BCUT2D eigenvalue weighted by Crippen LogP contribution is -2.01. The fraction of sp³-hybridized carbons (Fsp3) is 0.182. The Labute approximate surface area is 133 Å². The highest BCUT2D eigenvalue weighted by Crippen LogP contribution is 2.27. The summed E-state index contributed by atoms with van der Waals surface area (Å²) in [4.78, 5) is 0. The third-order valence-electron chi connectivity index (χ3n) is 4.31. The van der Waals surface area contributed by atoms with Crippen LogP contribution in [0, 0.1) is 0 Å². The van der Waals surface area contributed by atoms with Crippen LogP contribution in [0.15, 0.2) is 84.9 Å². The van der Waals surface area contributed by atoms with Gasteiger partial charge in [0.2, 0.25) is 0 Å². The molecule has 1 unspecified atom stereocenters. The van der Waals surface area contributed by atoms with Gasteiger partial charge in [0, 0.05) is 0 Å². The lowest BCUT2D eigenvalue weighted by Gasteiger charge is -2.16. The van der Waals surface area contributed by atoms with Gasteiger partial charge in [-0.15, -0.1) is 0 Å². The van der Waals surface area contributed by atoms with Crippen molar-refractivity contribution in [2.45, 2.75) is 25.7 Å². The van der Waals surface area contributed by atoms with Crippen LogP contribution in [0.25, 0.3) is 11.1 Å². The molecule has 0 fully saturated rings. The van der Waals surface area contributed by atoms with Crippen LogP contribution in [0.4, 0.5) is 0 Å². The number of benzene rings is 3. The molecule has 3 aromatic rings. The first-order chi connectivity index (χ1) is 10.9. The van der Waals surface area contributed by atoms with Crippen molar-refractivity contribution in [2.24, 2.45) is 0 Å². The Bertz CT molecular complexity index is 681. The van der Waals surface area contributed by atoms with Gasteiger partial charge in [-0.1, -0.05) is 91.9 Å². The first-order valence-corrected chi connectivity index (χ1v) is 8.06. The summed E-state index contributed by atoms with van der Waals surface area (Å²) in [6, 6.07) is 30.4. The molecule has 0 heteroatoms. The Hall–Kier alpha value is -2.34. The van der Waals surface area contributed by atoms with Crippen LogP contribution in [-0.4, -0.2) is 0 Å². The maximum absolute atomic E-state index is 2.29. The molecular formula is C22H22. The molecule has 0 heterocycles. The van der Waals surface area contributed by atoms with Crippen LogP contribution >= 0.6 is 0 Å². The predicted molar refractivity (Wildman–Crippen MR) is 95.1 cm³/mol.